The molecule has 16 heavy (non-hydrogen) atoms. The number of rotatable bonds is 4. The molecule has 0 saturated heterocycles. The van der Waals surface area contributed by atoms with Gasteiger partial charge in [0, 0.05) is 24.4 Å². The maximum Gasteiger partial charge on any atom is 0.112 e. The van der Waals surface area contributed by atoms with E-state index in [0.717, 1.165) is 12.3 Å². The average molecular weight is 232 g/mol. The third-order valence-corrected chi connectivity index (χ3v) is 3.96. The van der Waals surface area contributed by atoms with Gasteiger partial charge in [-0.1, -0.05) is 0 Å². The van der Waals surface area contributed by atoms with Gasteiger partial charge < -0.3 is 4.57 Å². The topological polar surface area (TPSA) is 17.8 Å². The summed E-state index contributed by atoms with van der Waals surface area (Å²) >= 11 is 1.78. The van der Waals surface area contributed by atoms with Gasteiger partial charge >= 0.3 is 0 Å². The second kappa shape index (κ2) is 4.06. The predicted octanol–water partition coefficient (Wildman–Crippen LogP) is 3.63. The zero-order valence-electron chi connectivity index (χ0n) is 9.47. The normalized spacial score (nSPS) is 17.6. The van der Waals surface area contributed by atoms with E-state index in [9.17, 15) is 0 Å². The zero-order chi connectivity index (χ0) is 11.0. The molecule has 1 unspecified atom stereocenters. The molecule has 1 fully saturated rings. The quantitative estimate of drug-likeness (QED) is 0.787. The minimum atomic E-state index is 0.521. The molecule has 2 aromatic heterocycles. The molecule has 2 aromatic rings. The van der Waals surface area contributed by atoms with E-state index in [1.807, 2.05) is 6.20 Å². The van der Waals surface area contributed by atoms with Crippen LogP contribution in [0.2, 0.25) is 0 Å². The van der Waals surface area contributed by atoms with E-state index in [-0.39, 0.29) is 0 Å². The minimum absolute atomic E-state index is 0.521. The summed E-state index contributed by atoms with van der Waals surface area (Å²) in [7, 11) is 0. The molecule has 2 heterocycles. The first-order valence-corrected chi connectivity index (χ1v) is 6.82. The van der Waals surface area contributed by atoms with Crippen LogP contribution in [0.1, 0.15) is 43.1 Å². The Morgan fingerprint density at radius 1 is 1.56 bits per heavy atom. The van der Waals surface area contributed by atoms with Gasteiger partial charge in [-0.05, 0) is 48.6 Å². The van der Waals surface area contributed by atoms with Crippen LogP contribution in [0.3, 0.4) is 0 Å². The molecule has 0 aliphatic heterocycles. The fourth-order valence-electron chi connectivity index (χ4n) is 2.20. The smallest absolute Gasteiger partial charge is 0.112 e. The Labute approximate surface area is 100.0 Å². The molecule has 84 valence electrons. The lowest BCUT2D eigenvalue weighted by molar-refractivity contribution is 0.522. The number of hydrogen-bond donors (Lipinski definition) is 0. The molecule has 1 atom stereocenters. The fourth-order valence-corrected chi connectivity index (χ4v) is 2.88. The molecule has 3 heteroatoms. The van der Waals surface area contributed by atoms with E-state index in [4.69, 9.17) is 0 Å². The summed E-state index contributed by atoms with van der Waals surface area (Å²) in [4.78, 5) is 4.49. The molecule has 0 radical (unpaired) electrons. The second-order valence-electron chi connectivity index (χ2n) is 4.65. The van der Waals surface area contributed by atoms with Gasteiger partial charge in [0.25, 0.3) is 0 Å². The summed E-state index contributed by atoms with van der Waals surface area (Å²) in [5.74, 6) is 2.03. The highest BCUT2D eigenvalue weighted by Crippen LogP contribution is 2.40. The summed E-state index contributed by atoms with van der Waals surface area (Å²) in [6.45, 7) is 2.28. The average Bonchev–Trinajstić information content (AvgIpc) is 2.82. The van der Waals surface area contributed by atoms with Crippen LogP contribution >= 0.6 is 11.3 Å². The van der Waals surface area contributed by atoms with Crippen molar-refractivity contribution in [2.24, 2.45) is 0 Å². The van der Waals surface area contributed by atoms with Gasteiger partial charge in [-0.2, -0.15) is 11.3 Å². The number of aromatic nitrogens is 2. The Bertz CT molecular complexity index is 454. The summed E-state index contributed by atoms with van der Waals surface area (Å²) in [5.41, 5.74) is 1.44. The maximum absolute atomic E-state index is 4.49. The lowest BCUT2D eigenvalue weighted by Gasteiger charge is -2.15. The first kappa shape index (κ1) is 10.1. The van der Waals surface area contributed by atoms with Crippen LogP contribution in [0.25, 0.3) is 0 Å². The lowest BCUT2D eigenvalue weighted by atomic mass is 10.1. The Hall–Kier alpha value is -1.09. The Morgan fingerprint density at radius 3 is 3.12 bits per heavy atom. The molecule has 1 aliphatic rings. The van der Waals surface area contributed by atoms with E-state index in [0.29, 0.717) is 6.04 Å². The molecule has 2 nitrogen and oxygen atoms in total. The summed E-state index contributed by atoms with van der Waals surface area (Å²) in [6.07, 6.45) is 7.83. The number of imidazole rings is 1. The van der Waals surface area contributed by atoms with Crippen molar-refractivity contribution in [2.45, 2.75) is 38.1 Å². The van der Waals surface area contributed by atoms with E-state index in [2.05, 4.69) is 39.5 Å². The van der Waals surface area contributed by atoms with Gasteiger partial charge in [0.05, 0.1) is 0 Å². The van der Waals surface area contributed by atoms with Crippen LogP contribution in [-0.4, -0.2) is 9.55 Å². The van der Waals surface area contributed by atoms with Crippen LogP contribution in [0.5, 0.6) is 0 Å². The minimum Gasteiger partial charge on any atom is -0.332 e. The maximum atomic E-state index is 4.49. The molecule has 0 bridgehead atoms. The molecule has 0 amide bonds. The van der Waals surface area contributed by atoms with Gasteiger partial charge in [0.2, 0.25) is 0 Å². The first-order chi connectivity index (χ1) is 7.84. The first-order valence-electron chi connectivity index (χ1n) is 5.88. The molecule has 0 spiro atoms. The highest BCUT2D eigenvalue weighted by atomic mass is 32.1. The van der Waals surface area contributed by atoms with Crippen LogP contribution in [0.15, 0.2) is 29.2 Å². The summed E-state index contributed by atoms with van der Waals surface area (Å²) < 4.78 is 2.36. The fraction of sp³-hybridized carbons (Fsp3) is 0.462. The van der Waals surface area contributed by atoms with Crippen LogP contribution in [-0.2, 0) is 6.42 Å². The third-order valence-electron chi connectivity index (χ3n) is 3.23. The summed E-state index contributed by atoms with van der Waals surface area (Å²) in [6, 6.07) is 2.74. The molecule has 1 aliphatic carbocycles. The highest BCUT2D eigenvalue weighted by Gasteiger charge is 2.28. The molecule has 3 rings (SSSR count). The second-order valence-corrected chi connectivity index (χ2v) is 5.43. The Kier molecular flexibility index (Phi) is 2.56. The van der Waals surface area contributed by atoms with Crippen molar-refractivity contribution in [1.82, 2.24) is 9.55 Å². The van der Waals surface area contributed by atoms with E-state index < -0.39 is 0 Å². The number of thiophene rings is 1. The van der Waals surface area contributed by atoms with Crippen molar-refractivity contribution < 1.29 is 0 Å². The van der Waals surface area contributed by atoms with Crippen molar-refractivity contribution in [1.29, 1.82) is 0 Å². The molecule has 0 aromatic carbocycles. The predicted molar refractivity (Wildman–Crippen MR) is 66.9 cm³/mol. The molecule has 0 N–H and O–H groups in total. The third kappa shape index (κ3) is 1.92. The summed E-state index contributed by atoms with van der Waals surface area (Å²) in [5, 5.41) is 4.39. The van der Waals surface area contributed by atoms with Gasteiger partial charge in [0.15, 0.2) is 0 Å². The molecule has 1 saturated carbocycles. The van der Waals surface area contributed by atoms with Crippen LogP contribution in [0, 0.1) is 0 Å². The van der Waals surface area contributed by atoms with Crippen molar-refractivity contribution in [3.63, 3.8) is 0 Å². The number of hydrogen-bond acceptors (Lipinski definition) is 2. The number of nitrogens with zero attached hydrogens (tertiary/aromatic N) is 2. The molecular weight excluding hydrogens is 216 g/mol. The van der Waals surface area contributed by atoms with Crippen molar-refractivity contribution in [3.8, 4) is 0 Å². The van der Waals surface area contributed by atoms with Crippen LogP contribution < -0.4 is 0 Å². The van der Waals surface area contributed by atoms with Gasteiger partial charge in [-0.3, -0.25) is 0 Å². The van der Waals surface area contributed by atoms with E-state index in [1.54, 1.807) is 11.3 Å². The zero-order valence-corrected chi connectivity index (χ0v) is 10.3. The van der Waals surface area contributed by atoms with Crippen molar-refractivity contribution in [3.05, 3.63) is 40.6 Å². The van der Waals surface area contributed by atoms with Gasteiger partial charge in [0.1, 0.15) is 5.82 Å². The van der Waals surface area contributed by atoms with Gasteiger partial charge in [-0.15, -0.1) is 0 Å². The Balaban J connectivity index is 1.78. The van der Waals surface area contributed by atoms with E-state index in [1.165, 1.54) is 24.2 Å². The SMILES string of the molecule is CC(Cc1ccsc1)n1ccnc1C1CC1. The largest absolute Gasteiger partial charge is 0.332 e. The highest BCUT2D eigenvalue weighted by molar-refractivity contribution is 7.07. The monoisotopic (exact) mass is 232 g/mol. The molecular formula is C13H16N2S. The van der Waals surface area contributed by atoms with Crippen molar-refractivity contribution in [2.75, 3.05) is 0 Å². The van der Waals surface area contributed by atoms with E-state index >= 15 is 0 Å². The van der Waals surface area contributed by atoms with Crippen molar-refractivity contribution >= 4 is 11.3 Å². The van der Waals surface area contributed by atoms with Crippen LogP contribution in [0.4, 0.5) is 0 Å². The lowest BCUT2D eigenvalue weighted by Crippen LogP contribution is -2.10. The standard InChI is InChI=1S/C13H16N2S/c1-10(8-11-4-7-16-9-11)15-6-5-14-13(15)12-2-3-12/h4-7,9-10,12H,2-3,8H2,1H3. The van der Waals surface area contributed by atoms with Gasteiger partial charge in [-0.25, -0.2) is 4.98 Å². The Morgan fingerprint density at radius 2 is 2.44 bits per heavy atom.